The number of carbonyl (C=O) groups is 3. The summed E-state index contributed by atoms with van der Waals surface area (Å²) >= 11 is 0. The van der Waals surface area contributed by atoms with Gasteiger partial charge in [-0.05, 0) is 52.1 Å². The maximum absolute atomic E-state index is 13.4. The minimum Gasteiger partial charge on any atom is -0.350 e. The van der Waals surface area contributed by atoms with Gasteiger partial charge in [0.15, 0.2) is 0 Å². The fraction of sp³-hybridized carbons (Fsp3) is 0.300. The zero-order valence-electron chi connectivity index (χ0n) is 21.2. The highest BCUT2D eigenvalue weighted by Crippen LogP contribution is 2.37. The molecule has 0 spiro atoms. The molecule has 192 valence electrons. The summed E-state index contributed by atoms with van der Waals surface area (Å²) in [5, 5.41) is 14.8. The van der Waals surface area contributed by atoms with E-state index in [9.17, 15) is 14.4 Å². The third-order valence-electron chi connectivity index (χ3n) is 6.69. The van der Waals surface area contributed by atoms with Gasteiger partial charge < -0.3 is 10.6 Å². The zero-order chi connectivity index (χ0) is 26.4. The second kappa shape index (κ2) is 11.8. The lowest BCUT2D eigenvalue weighted by Gasteiger charge is -2.24. The summed E-state index contributed by atoms with van der Waals surface area (Å²) in [6.45, 7) is 4.24. The molecule has 3 aromatic rings. The normalized spacial score (nSPS) is 13.3. The first kappa shape index (κ1) is 26.1. The van der Waals surface area contributed by atoms with Gasteiger partial charge in [-0.2, -0.15) is 0 Å². The predicted molar refractivity (Wildman–Crippen MR) is 141 cm³/mol. The van der Waals surface area contributed by atoms with Crippen LogP contribution in [0.5, 0.6) is 0 Å². The Morgan fingerprint density at radius 2 is 1.57 bits per heavy atom. The van der Waals surface area contributed by atoms with Gasteiger partial charge in [0, 0.05) is 18.9 Å². The summed E-state index contributed by atoms with van der Waals surface area (Å²) in [6, 6.07) is 22.7. The Labute approximate surface area is 217 Å². The number of nitrogens with one attached hydrogen (secondary N) is 3. The minimum atomic E-state index is -0.933. The van der Waals surface area contributed by atoms with Crippen molar-refractivity contribution in [2.45, 2.75) is 45.7 Å². The average molecular weight is 500 g/mol. The molecule has 4 rings (SSSR count). The van der Waals surface area contributed by atoms with Crippen molar-refractivity contribution < 1.29 is 19.6 Å². The first-order chi connectivity index (χ1) is 17.9. The van der Waals surface area contributed by atoms with E-state index in [1.807, 2.05) is 74.5 Å². The molecule has 0 radical (unpaired) electrons. The number of fused-ring (bicyclic) bond motifs is 3. The Bertz CT molecular complexity index is 1270. The molecule has 0 saturated carbocycles. The van der Waals surface area contributed by atoms with E-state index in [4.69, 9.17) is 5.21 Å². The lowest BCUT2D eigenvalue weighted by molar-refractivity contribution is -0.136. The van der Waals surface area contributed by atoms with Crippen LogP contribution in [-0.4, -0.2) is 22.9 Å². The number of hydroxylamine groups is 1. The molecule has 7 heteroatoms. The molecule has 0 saturated heterocycles. The van der Waals surface area contributed by atoms with E-state index >= 15 is 0 Å². The molecule has 0 aromatic heterocycles. The molecule has 0 heterocycles. The number of benzene rings is 3. The molecule has 0 unspecified atom stereocenters. The first-order valence-electron chi connectivity index (χ1n) is 12.6. The number of hydrogen-bond acceptors (Lipinski definition) is 4. The summed E-state index contributed by atoms with van der Waals surface area (Å²) in [7, 11) is 0. The highest BCUT2D eigenvalue weighted by atomic mass is 16.5. The van der Waals surface area contributed by atoms with Crippen LogP contribution in [0.1, 0.15) is 55.0 Å². The molecule has 3 amide bonds. The second-order valence-corrected chi connectivity index (χ2v) is 9.96. The Kier molecular flexibility index (Phi) is 8.36. The van der Waals surface area contributed by atoms with Crippen LogP contribution in [0, 0.1) is 11.8 Å². The van der Waals surface area contributed by atoms with E-state index in [0.29, 0.717) is 18.5 Å². The maximum Gasteiger partial charge on any atom is 0.247 e. The van der Waals surface area contributed by atoms with Crippen molar-refractivity contribution in [1.82, 2.24) is 16.1 Å². The molecule has 0 fully saturated rings. The Morgan fingerprint density at radius 3 is 2.30 bits per heavy atom. The number of amides is 3. The van der Waals surface area contributed by atoms with Crippen molar-refractivity contribution in [3.8, 4) is 11.1 Å². The third-order valence-corrected chi connectivity index (χ3v) is 6.69. The number of carbonyl (C=O) groups excluding carboxylic acids is 3. The Hall–Kier alpha value is -3.97. The molecule has 4 N–H and O–H groups in total. The Morgan fingerprint density at radius 1 is 0.865 bits per heavy atom. The molecule has 7 nitrogen and oxygen atoms in total. The summed E-state index contributed by atoms with van der Waals surface area (Å²) in [5.74, 6) is -1.91. The zero-order valence-corrected chi connectivity index (χ0v) is 21.2. The quantitative estimate of drug-likeness (QED) is 0.193. The molecule has 2 atom stereocenters. The standard InChI is InChI=1S/C30H33N3O4/c1-19(2)14-24(17-27(34)33-37)29(35)32-28(30(36)31-18-20-8-4-3-5-9-20)22-12-13-26-23(16-22)15-21-10-6-7-11-25(21)26/h3-13,16,19,24,28,37H,14-15,17-18H2,1-2H3,(H,31,36)(H,32,35)(H,33,34)/t24-,28+/m1/s1. The van der Waals surface area contributed by atoms with Crippen molar-refractivity contribution >= 4 is 17.7 Å². The van der Waals surface area contributed by atoms with Gasteiger partial charge in [0.05, 0.1) is 0 Å². The van der Waals surface area contributed by atoms with Gasteiger partial charge in [-0.25, -0.2) is 5.48 Å². The molecule has 0 aliphatic heterocycles. The van der Waals surface area contributed by atoms with E-state index in [0.717, 1.165) is 23.1 Å². The van der Waals surface area contributed by atoms with Crippen LogP contribution in [0.25, 0.3) is 11.1 Å². The van der Waals surface area contributed by atoms with E-state index in [2.05, 4.69) is 22.8 Å². The molecular weight excluding hydrogens is 466 g/mol. The average Bonchev–Trinajstić information content (AvgIpc) is 3.28. The SMILES string of the molecule is CC(C)C[C@H](CC(=O)NO)C(=O)N[C@H](C(=O)NCc1ccccc1)c1ccc2c(c1)Cc1ccccc1-2. The van der Waals surface area contributed by atoms with Crippen LogP contribution in [0.3, 0.4) is 0 Å². The Balaban J connectivity index is 1.60. The van der Waals surface area contributed by atoms with Gasteiger partial charge in [0.1, 0.15) is 6.04 Å². The van der Waals surface area contributed by atoms with Crippen LogP contribution >= 0.6 is 0 Å². The molecule has 0 bridgehead atoms. The summed E-state index contributed by atoms with van der Waals surface area (Å²) in [5.41, 5.74) is 7.89. The van der Waals surface area contributed by atoms with Crippen molar-refractivity contribution in [3.05, 3.63) is 95.1 Å². The highest BCUT2D eigenvalue weighted by Gasteiger charge is 2.30. The smallest absolute Gasteiger partial charge is 0.247 e. The van der Waals surface area contributed by atoms with Crippen LogP contribution in [0.4, 0.5) is 0 Å². The highest BCUT2D eigenvalue weighted by molar-refractivity contribution is 5.91. The van der Waals surface area contributed by atoms with Crippen LogP contribution in [0.2, 0.25) is 0 Å². The topological polar surface area (TPSA) is 108 Å². The van der Waals surface area contributed by atoms with Crippen LogP contribution in [0.15, 0.2) is 72.8 Å². The van der Waals surface area contributed by atoms with E-state index in [1.165, 1.54) is 11.1 Å². The number of rotatable bonds is 10. The maximum atomic E-state index is 13.4. The lowest BCUT2D eigenvalue weighted by Crippen LogP contribution is -2.43. The van der Waals surface area contributed by atoms with Crippen LogP contribution < -0.4 is 16.1 Å². The lowest BCUT2D eigenvalue weighted by atomic mass is 9.92. The summed E-state index contributed by atoms with van der Waals surface area (Å²) in [4.78, 5) is 38.7. The van der Waals surface area contributed by atoms with Gasteiger partial charge in [-0.1, -0.05) is 86.6 Å². The predicted octanol–water partition coefficient (Wildman–Crippen LogP) is 4.29. The van der Waals surface area contributed by atoms with Crippen LogP contribution in [-0.2, 0) is 27.3 Å². The fourth-order valence-electron chi connectivity index (χ4n) is 4.91. The molecule has 1 aliphatic carbocycles. The number of hydrogen-bond donors (Lipinski definition) is 4. The largest absolute Gasteiger partial charge is 0.350 e. The van der Waals surface area contributed by atoms with Gasteiger partial charge in [0.2, 0.25) is 17.7 Å². The van der Waals surface area contributed by atoms with Gasteiger partial charge in [-0.3, -0.25) is 19.6 Å². The van der Waals surface area contributed by atoms with Crippen molar-refractivity contribution in [1.29, 1.82) is 0 Å². The molecule has 37 heavy (non-hydrogen) atoms. The van der Waals surface area contributed by atoms with E-state index < -0.39 is 23.8 Å². The summed E-state index contributed by atoms with van der Waals surface area (Å²) < 4.78 is 0. The monoisotopic (exact) mass is 499 g/mol. The second-order valence-electron chi connectivity index (χ2n) is 9.96. The fourth-order valence-corrected chi connectivity index (χ4v) is 4.91. The first-order valence-corrected chi connectivity index (χ1v) is 12.6. The van der Waals surface area contributed by atoms with E-state index in [-0.39, 0.29) is 18.2 Å². The third kappa shape index (κ3) is 6.43. The minimum absolute atomic E-state index is 0.145. The van der Waals surface area contributed by atoms with E-state index in [1.54, 1.807) is 5.48 Å². The van der Waals surface area contributed by atoms with Gasteiger partial charge in [0.25, 0.3) is 0 Å². The van der Waals surface area contributed by atoms with Crippen molar-refractivity contribution in [3.63, 3.8) is 0 Å². The summed E-state index contributed by atoms with van der Waals surface area (Å²) in [6.07, 6.45) is 1.04. The van der Waals surface area contributed by atoms with Crippen molar-refractivity contribution in [2.24, 2.45) is 11.8 Å². The molecule has 1 aliphatic rings. The van der Waals surface area contributed by atoms with Gasteiger partial charge >= 0.3 is 0 Å². The molecule has 3 aromatic carbocycles. The van der Waals surface area contributed by atoms with Crippen molar-refractivity contribution in [2.75, 3.05) is 0 Å². The molecular formula is C30H33N3O4. The van der Waals surface area contributed by atoms with Gasteiger partial charge in [-0.15, -0.1) is 0 Å².